The van der Waals surface area contributed by atoms with Crippen LogP contribution in [-0.2, 0) is 21.3 Å². The van der Waals surface area contributed by atoms with Gasteiger partial charge >= 0.3 is 0 Å². The highest BCUT2D eigenvalue weighted by Gasteiger charge is 2.34. The summed E-state index contributed by atoms with van der Waals surface area (Å²) in [5.41, 5.74) is 2.06. The minimum absolute atomic E-state index is 0.0409. The van der Waals surface area contributed by atoms with Crippen molar-refractivity contribution in [3.63, 3.8) is 0 Å². The number of nitrogens with one attached hydrogen (secondary N) is 1. The molecule has 2 fully saturated rings. The van der Waals surface area contributed by atoms with Crippen molar-refractivity contribution in [1.29, 1.82) is 0 Å². The van der Waals surface area contributed by atoms with Crippen LogP contribution in [0.25, 0.3) is 0 Å². The molecular formula is C20H28N4O4S. The van der Waals surface area contributed by atoms with Gasteiger partial charge in [-0.1, -0.05) is 22.9 Å². The summed E-state index contributed by atoms with van der Waals surface area (Å²) in [6.07, 6.45) is 5.88. The summed E-state index contributed by atoms with van der Waals surface area (Å²) < 4.78 is 35.9. The van der Waals surface area contributed by atoms with E-state index in [0.29, 0.717) is 18.9 Å². The zero-order chi connectivity index (χ0) is 20.4. The quantitative estimate of drug-likeness (QED) is 0.674. The first kappa shape index (κ1) is 20.5. The molecule has 0 bridgehead atoms. The maximum Gasteiger partial charge on any atom is 0.240 e. The van der Waals surface area contributed by atoms with Crippen LogP contribution < -0.4 is 4.72 Å². The molecule has 0 radical (unpaired) electrons. The molecule has 4 rings (SSSR count). The molecule has 0 unspecified atom stereocenters. The van der Waals surface area contributed by atoms with E-state index < -0.39 is 22.2 Å². The van der Waals surface area contributed by atoms with Gasteiger partial charge < -0.3 is 9.84 Å². The largest absolute Gasteiger partial charge is 0.394 e. The van der Waals surface area contributed by atoms with Gasteiger partial charge in [-0.05, 0) is 51.2 Å². The lowest BCUT2D eigenvalue weighted by molar-refractivity contribution is -0.0891. The summed E-state index contributed by atoms with van der Waals surface area (Å²) in [5, 5.41) is 18.1. The van der Waals surface area contributed by atoms with Crippen molar-refractivity contribution < 1.29 is 18.3 Å². The van der Waals surface area contributed by atoms with Gasteiger partial charge in [0, 0.05) is 18.7 Å². The molecule has 2 N–H and O–H groups in total. The normalized spacial score (nSPS) is 25.2. The highest BCUT2D eigenvalue weighted by Crippen LogP contribution is 2.38. The molecule has 0 spiro atoms. The predicted molar refractivity (Wildman–Crippen MR) is 107 cm³/mol. The maximum absolute atomic E-state index is 12.7. The number of hydrogen-bond donors (Lipinski definition) is 2. The Bertz CT molecular complexity index is 924. The first-order valence-electron chi connectivity index (χ1n) is 10.2. The molecule has 1 aromatic heterocycles. The topological polar surface area (TPSA) is 106 Å². The molecule has 1 aromatic carbocycles. The number of aliphatic hydroxyl groups is 1. The highest BCUT2D eigenvalue weighted by molar-refractivity contribution is 7.89. The fourth-order valence-corrected chi connectivity index (χ4v) is 5.03. The van der Waals surface area contributed by atoms with Crippen molar-refractivity contribution in [2.45, 2.75) is 74.6 Å². The molecule has 1 saturated heterocycles. The molecule has 1 saturated carbocycles. The lowest BCUT2D eigenvalue weighted by atomic mass is 9.98. The van der Waals surface area contributed by atoms with Gasteiger partial charge in [-0.15, -0.1) is 5.10 Å². The number of hydrogen-bond acceptors (Lipinski definition) is 6. The fourth-order valence-electron chi connectivity index (χ4n) is 3.73. The van der Waals surface area contributed by atoms with Crippen LogP contribution in [0.3, 0.4) is 0 Å². The number of nitrogens with zero attached hydrogens (tertiary/aromatic N) is 3. The summed E-state index contributed by atoms with van der Waals surface area (Å²) in [7, 11) is -3.66. The van der Waals surface area contributed by atoms with Crippen LogP contribution in [0.4, 0.5) is 0 Å². The van der Waals surface area contributed by atoms with Gasteiger partial charge in [-0.2, -0.15) is 0 Å². The third-order valence-electron chi connectivity index (χ3n) is 5.67. The molecule has 9 heteroatoms. The van der Waals surface area contributed by atoms with Crippen molar-refractivity contribution in [1.82, 2.24) is 19.7 Å². The third-order valence-corrected chi connectivity index (χ3v) is 7.17. The molecule has 1 aliphatic carbocycles. The lowest BCUT2D eigenvalue weighted by Gasteiger charge is -2.36. The molecule has 2 aromatic rings. The summed E-state index contributed by atoms with van der Waals surface area (Å²) in [6, 6.07) is 6.27. The van der Waals surface area contributed by atoms with E-state index in [0.717, 1.165) is 24.1 Å². The number of ether oxygens (including phenoxy) is 1. The van der Waals surface area contributed by atoms with Gasteiger partial charge in [0.05, 0.1) is 35.4 Å². The second-order valence-electron chi connectivity index (χ2n) is 8.07. The minimum Gasteiger partial charge on any atom is -0.394 e. The summed E-state index contributed by atoms with van der Waals surface area (Å²) in [6.45, 7) is 2.38. The van der Waals surface area contributed by atoms with Gasteiger partial charge in [-0.25, -0.2) is 13.1 Å². The van der Waals surface area contributed by atoms with Crippen molar-refractivity contribution in [3.05, 3.63) is 41.7 Å². The Kier molecular flexibility index (Phi) is 6.00. The van der Waals surface area contributed by atoms with Gasteiger partial charge in [-0.3, -0.25) is 4.68 Å². The lowest BCUT2D eigenvalue weighted by Crippen LogP contribution is -2.50. The van der Waals surface area contributed by atoms with Crippen LogP contribution in [0.5, 0.6) is 0 Å². The zero-order valence-corrected chi connectivity index (χ0v) is 17.4. The summed E-state index contributed by atoms with van der Waals surface area (Å²) >= 11 is 0. The van der Waals surface area contributed by atoms with Crippen LogP contribution >= 0.6 is 0 Å². The van der Waals surface area contributed by atoms with Crippen molar-refractivity contribution in [3.8, 4) is 0 Å². The zero-order valence-electron chi connectivity index (χ0n) is 16.6. The van der Waals surface area contributed by atoms with E-state index in [9.17, 15) is 13.5 Å². The molecule has 1 aliphatic heterocycles. The number of benzene rings is 1. The SMILES string of the molecule is Cc1ccc(S(=O)(=O)N[C@@H]2CC[C@@H](CCn3cc(C4CC4)nn3)O[C@H]2CO)cc1. The highest BCUT2D eigenvalue weighted by atomic mass is 32.2. The number of aromatic nitrogens is 3. The molecule has 158 valence electrons. The average Bonchev–Trinajstić information content (AvgIpc) is 3.45. The summed E-state index contributed by atoms with van der Waals surface area (Å²) in [4.78, 5) is 0.222. The fraction of sp³-hybridized carbons (Fsp3) is 0.600. The molecule has 2 heterocycles. The summed E-state index contributed by atoms with van der Waals surface area (Å²) in [5.74, 6) is 0.579. The Labute approximate surface area is 171 Å². The van der Waals surface area contributed by atoms with E-state index in [1.165, 1.54) is 12.8 Å². The van der Waals surface area contributed by atoms with Gasteiger partial charge in [0.2, 0.25) is 10.0 Å². The second-order valence-corrected chi connectivity index (χ2v) is 9.78. The minimum atomic E-state index is -3.66. The standard InChI is InChI=1S/C20H28N4O4S/c1-14-2-7-17(8-3-14)29(26,27)22-18-9-6-16(28-20(18)13-25)10-11-24-12-19(21-23-24)15-4-5-15/h2-3,7-8,12,15-16,18,20,22,25H,4-6,9-11,13H2,1H3/t16-,18+,20-/m0/s1. The van der Waals surface area contributed by atoms with E-state index in [-0.39, 0.29) is 17.6 Å². The van der Waals surface area contributed by atoms with Gasteiger partial charge in [0.25, 0.3) is 0 Å². The van der Waals surface area contributed by atoms with E-state index in [1.54, 1.807) is 24.3 Å². The number of rotatable bonds is 8. The van der Waals surface area contributed by atoms with Gasteiger partial charge in [0.15, 0.2) is 0 Å². The van der Waals surface area contributed by atoms with E-state index in [2.05, 4.69) is 15.0 Å². The third kappa shape index (κ3) is 5.03. The predicted octanol–water partition coefficient (Wildman–Crippen LogP) is 1.74. The number of aryl methyl sites for hydroxylation is 2. The van der Waals surface area contributed by atoms with Crippen LogP contribution in [0.1, 0.15) is 49.3 Å². The molecule has 3 atom stereocenters. The van der Waals surface area contributed by atoms with Crippen molar-refractivity contribution in [2.75, 3.05) is 6.61 Å². The smallest absolute Gasteiger partial charge is 0.240 e. The van der Waals surface area contributed by atoms with E-state index >= 15 is 0 Å². The Balaban J connectivity index is 1.32. The second kappa shape index (κ2) is 8.51. The Morgan fingerprint density at radius 3 is 2.66 bits per heavy atom. The van der Waals surface area contributed by atoms with E-state index in [1.807, 2.05) is 17.8 Å². The number of aliphatic hydroxyl groups excluding tert-OH is 1. The molecule has 29 heavy (non-hydrogen) atoms. The molecule has 0 amide bonds. The average molecular weight is 421 g/mol. The molecule has 2 aliphatic rings. The Morgan fingerprint density at radius 1 is 1.21 bits per heavy atom. The Morgan fingerprint density at radius 2 is 1.97 bits per heavy atom. The monoisotopic (exact) mass is 420 g/mol. The Hall–Kier alpha value is -1.81. The first-order chi connectivity index (χ1) is 13.9. The van der Waals surface area contributed by atoms with Crippen molar-refractivity contribution in [2.24, 2.45) is 0 Å². The van der Waals surface area contributed by atoms with Crippen LogP contribution in [-0.4, -0.2) is 53.4 Å². The van der Waals surface area contributed by atoms with Crippen LogP contribution in [0.15, 0.2) is 35.4 Å². The van der Waals surface area contributed by atoms with Gasteiger partial charge in [0.1, 0.15) is 0 Å². The molecular weight excluding hydrogens is 392 g/mol. The number of sulfonamides is 1. The maximum atomic E-state index is 12.7. The first-order valence-corrected chi connectivity index (χ1v) is 11.7. The van der Waals surface area contributed by atoms with Crippen LogP contribution in [0.2, 0.25) is 0 Å². The van der Waals surface area contributed by atoms with Crippen molar-refractivity contribution >= 4 is 10.0 Å². The molecule has 8 nitrogen and oxygen atoms in total. The van der Waals surface area contributed by atoms with Crippen LogP contribution in [0, 0.1) is 6.92 Å². The van der Waals surface area contributed by atoms with E-state index in [4.69, 9.17) is 4.74 Å².